The maximum Gasteiger partial charge on any atom is 0.407 e. The molecule has 2 aromatic rings. The molecular weight excluding hydrogens is 475 g/mol. The minimum Gasteiger partial charge on any atom is -0.465 e. The van der Waals surface area contributed by atoms with E-state index in [2.05, 4.69) is 10.3 Å². The molecule has 8 nitrogen and oxygen atoms in total. The number of carbonyl (C=O) groups is 1. The second-order valence-electron chi connectivity index (χ2n) is 8.01. The monoisotopic (exact) mass is 500 g/mol. The Morgan fingerprint density at radius 2 is 1.91 bits per heavy atom. The van der Waals surface area contributed by atoms with Gasteiger partial charge in [-0.25, -0.2) is 4.79 Å². The molecule has 0 saturated heterocycles. The Bertz CT molecular complexity index is 1080. The molecule has 2 aromatic carbocycles. The number of hydrazone groups is 1. The number of benzene rings is 2. The number of nitrogens with zero attached hydrogens (tertiary/aromatic N) is 5. The number of hydrogen-bond donors (Lipinski definition) is 2. The minimum absolute atomic E-state index is 0.196. The van der Waals surface area contributed by atoms with Crippen molar-refractivity contribution in [3.8, 4) is 6.19 Å². The van der Waals surface area contributed by atoms with Crippen molar-refractivity contribution >= 4 is 41.2 Å². The highest BCUT2D eigenvalue weighted by Gasteiger charge is 2.37. The van der Waals surface area contributed by atoms with Crippen LogP contribution < -0.4 is 5.32 Å². The van der Waals surface area contributed by atoms with Gasteiger partial charge in [0.2, 0.25) is 6.19 Å². The van der Waals surface area contributed by atoms with Crippen molar-refractivity contribution in [1.82, 2.24) is 15.2 Å². The van der Waals surface area contributed by atoms with Crippen LogP contribution in [0, 0.1) is 17.4 Å². The third kappa shape index (κ3) is 6.48. The molecule has 0 bridgehead atoms. The van der Waals surface area contributed by atoms with Gasteiger partial charge >= 0.3 is 6.09 Å². The first-order valence-electron chi connectivity index (χ1n) is 10.8. The summed E-state index contributed by atoms with van der Waals surface area (Å²) in [5, 5.41) is 29.8. The van der Waals surface area contributed by atoms with Gasteiger partial charge in [0, 0.05) is 42.1 Å². The van der Waals surface area contributed by atoms with Crippen LogP contribution in [0.2, 0.25) is 10.0 Å². The lowest BCUT2D eigenvalue weighted by Crippen LogP contribution is -2.47. The van der Waals surface area contributed by atoms with Gasteiger partial charge in [0.25, 0.3) is 0 Å². The number of amides is 1. The Hall–Kier alpha value is -3.12. The van der Waals surface area contributed by atoms with E-state index in [0.29, 0.717) is 23.1 Å². The predicted octanol–water partition coefficient (Wildman–Crippen LogP) is 4.34. The second kappa shape index (κ2) is 11.8. The Balaban J connectivity index is 1.83. The van der Waals surface area contributed by atoms with E-state index in [1.807, 2.05) is 48.3 Å². The zero-order chi connectivity index (χ0) is 24.7. The molecule has 178 valence electrons. The quantitative estimate of drug-likeness (QED) is 0.393. The van der Waals surface area contributed by atoms with Crippen LogP contribution in [0.3, 0.4) is 0 Å². The van der Waals surface area contributed by atoms with Crippen molar-refractivity contribution in [2.24, 2.45) is 16.0 Å². The van der Waals surface area contributed by atoms with Gasteiger partial charge < -0.3 is 10.0 Å². The van der Waals surface area contributed by atoms with Crippen LogP contribution in [-0.2, 0) is 6.42 Å². The van der Waals surface area contributed by atoms with E-state index in [1.54, 1.807) is 25.4 Å². The summed E-state index contributed by atoms with van der Waals surface area (Å²) < 4.78 is 0. The molecule has 0 spiro atoms. The van der Waals surface area contributed by atoms with Gasteiger partial charge in [0.15, 0.2) is 0 Å². The number of aliphatic imine (C=N–C) groups is 1. The summed E-state index contributed by atoms with van der Waals surface area (Å²) >= 11 is 12.0. The summed E-state index contributed by atoms with van der Waals surface area (Å²) in [5.74, 6) is -0.196. The fraction of sp³-hybridized carbons (Fsp3) is 0.333. The smallest absolute Gasteiger partial charge is 0.407 e. The summed E-state index contributed by atoms with van der Waals surface area (Å²) in [6.45, 7) is 2.92. The van der Waals surface area contributed by atoms with E-state index < -0.39 is 12.3 Å². The van der Waals surface area contributed by atoms with E-state index in [1.165, 1.54) is 11.1 Å². The first kappa shape index (κ1) is 25.5. The normalized spacial score (nSPS) is 17.3. The number of carboxylic acid groups (broad SMARTS) is 1. The molecule has 0 aliphatic carbocycles. The van der Waals surface area contributed by atoms with E-state index in [-0.39, 0.29) is 12.0 Å². The number of hydrogen-bond acceptors (Lipinski definition) is 6. The molecule has 2 N–H and O–H groups in total. The number of halogens is 2. The molecule has 1 aliphatic heterocycles. The van der Waals surface area contributed by atoms with Gasteiger partial charge in [-0.2, -0.15) is 15.4 Å². The van der Waals surface area contributed by atoms with Gasteiger partial charge in [0.05, 0.1) is 11.9 Å². The van der Waals surface area contributed by atoms with Crippen molar-refractivity contribution in [1.29, 1.82) is 5.26 Å². The van der Waals surface area contributed by atoms with E-state index >= 15 is 0 Å². The van der Waals surface area contributed by atoms with Crippen LogP contribution in [-0.4, -0.2) is 65.4 Å². The molecule has 1 amide bonds. The Morgan fingerprint density at radius 3 is 2.50 bits per heavy atom. The summed E-state index contributed by atoms with van der Waals surface area (Å²) in [7, 11) is 1.55. The van der Waals surface area contributed by atoms with E-state index in [9.17, 15) is 9.90 Å². The van der Waals surface area contributed by atoms with Crippen LogP contribution >= 0.6 is 23.2 Å². The number of rotatable bonds is 9. The molecule has 3 unspecified atom stereocenters. The summed E-state index contributed by atoms with van der Waals surface area (Å²) in [4.78, 5) is 16.7. The van der Waals surface area contributed by atoms with Crippen molar-refractivity contribution in [2.45, 2.75) is 25.6 Å². The van der Waals surface area contributed by atoms with Crippen LogP contribution in [0.5, 0.6) is 0 Å². The Morgan fingerprint density at radius 1 is 1.29 bits per heavy atom. The first-order chi connectivity index (χ1) is 16.3. The topological polar surface area (TPSA) is 104 Å². The molecule has 0 radical (unpaired) electrons. The van der Waals surface area contributed by atoms with Gasteiger partial charge in [-0.05, 0) is 48.7 Å². The van der Waals surface area contributed by atoms with Gasteiger partial charge in [-0.1, -0.05) is 47.5 Å². The molecule has 0 fully saturated rings. The Kier molecular flexibility index (Phi) is 8.88. The average Bonchev–Trinajstić information content (AvgIpc) is 3.27. The summed E-state index contributed by atoms with van der Waals surface area (Å²) in [5.41, 5.74) is 2.74. The lowest BCUT2D eigenvalue weighted by atomic mass is 9.91. The molecule has 34 heavy (non-hydrogen) atoms. The highest BCUT2D eigenvalue weighted by Crippen LogP contribution is 2.27. The van der Waals surface area contributed by atoms with Gasteiger partial charge in [-0.3, -0.25) is 10.3 Å². The molecule has 1 heterocycles. The summed E-state index contributed by atoms with van der Waals surface area (Å²) in [6, 6.07) is 14.6. The van der Waals surface area contributed by atoms with E-state index in [4.69, 9.17) is 33.6 Å². The highest BCUT2D eigenvalue weighted by molar-refractivity contribution is 6.30. The molecule has 0 aromatic heterocycles. The molecule has 10 heteroatoms. The molecule has 3 atom stereocenters. The fourth-order valence-electron chi connectivity index (χ4n) is 3.79. The standard InChI is InChI=1S/C24H26Cl2N6O2/c1-16(31(2)24(33)34)21-14-32(30-23(21)18-5-9-20(26)10-6-18)22(13-28-15-27)29-12-11-17-3-7-19(25)8-4-17/h3-10,13,16,21-22,29H,11-12,14H2,1-2H3,(H,33,34). The van der Waals surface area contributed by atoms with Crippen molar-refractivity contribution in [3.05, 3.63) is 69.7 Å². The largest absolute Gasteiger partial charge is 0.465 e. The maximum absolute atomic E-state index is 11.6. The van der Waals surface area contributed by atoms with Gasteiger partial charge in [-0.15, -0.1) is 0 Å². The van der Waals surface area contributed by atoms with Crippen LogP contribution in [0.15, 0.2) is 58.6 Å². The fourth-order valence-corrected chi connectivity index (χ4v) is 4.04. The molecule has 0 saturated carbocycles. The molecule has 3 rings (SSSR count). The minimum atomic E-state index is -1.01. The molecular formula is C24H26Cl2N6O2. The van der Waals surface area contributed by atoms with Crippen LogP contribution in [0.25, 0.3) is 0 Å². The van der Waals surface area contributed by atoms with Crippen molar-refractivity contribution < 1.29 is 9.90 Å². The maximum atomic E-state index is 11.6. The third-order valence-electron chi connectivity index (χ3n) is 5.88. The lowest BCUT2D eigenvalue weighted by Gasteiger charge is -2.30. The number of nitriles is 1. The lowest BCUT2D eigenvalue weighted by molar-refractivity contribution is 0.127. The first-order valence-corrected chi connectivity index (χ1v) is 11.5. The average molecular weight is 501 g/mol. The summed E-state index contributed by atoms with van der Waals surface area (Å²) in [6.07, 6.45) is 2.60. The number of nitrogens with one attached hydrogen (secondary N) is 1. The van der Waals surface area contributed by atoms with Gasteiger partial charge in [0.1, 0.15) is 6.17 Å². The second-order valence-corrected chi connectivity index (χ2v) is 8.88. The zero-order valence-electron chi connectivity index (χ0n) is 18.9. The third-order valence-corrected chi connectivity index (χ3v) is 6.39. The van der Waals surface area contributed by atoms with Crippen LogP contribution in [0.4, 0.5) is 4.79 Å². The van der Waals surface area contributed by atoms with Crippen LogP contribution in [0.1, 0.15) is 18.1 Å². The molecule has 1 aliphatic rings. The predicted molar refractivity (Wildman–Crippen MR) is 134 cm³/mol. The van der Waals surface area contributed by atoms with Crippen molar-refractivity contribution in [2.75, 3.05) is 20.1 Å². The van der Waals surface area contributed by atoms with Crippen molar-refractivity contribution in [3.63, 3.8) is 0 Å². The highest BCUT2D eigenvalue weighted by atomic mass is 35.5. The zero-order valence-corrected chi connectivity index (χ0v) is 20.4. The van der Waals surface area contributed by atoms with E-state index in [0.717, 1.165) is 23.3 Å². The SMILES string of the molecule is CC(C1CN(C(C=NC#N)NCCc2ccc(Cl)cc2)N=C1c1ccc(Cl)cc1)N(C)C(=O)O. The Labute approximate surface area is 209 Å².